The van der Waals surface area contributed by atoms with Crippen molar-refractivity contribution < 1.29 is 10.2 Å². The smallest absolute Gasteiger partial charge is 0.0855 e. The van der Waals surface area contributed by atoms with Gasteiger partial charge in [-0.1, -0.05) is 6.07 Å². The normalized spacial score (nSPS) is 10.0. The van der Waals surface area contributed by atoms with Crippen molar-refractivity contribution in [2.75, 3.05) is 6.61 Å². The summed E-state index contributed by atoms with van der Waals surface area (Å²) in [5.74, 6) is 0. The molecule has 11 heavy (non-hydrogen) atoms. The van der Waals surface area contributed by atoms with Crippen molar-refractivity contribution in [2.45, 2.75) is 13.0 Å². The van der Waals surface area contributed by atoms with E-state index in [0.29, 0.717) is 12.1 Å². The molecule has 0 fully saturated rings. The first kappa shape index (κ1) is 8.17. The van der Waals surface area contributed by atoms with Gasteiger partial charge in [-0.15, -0.1) is 0 Å². The monoisotopic (exact) mass is 153 g/mol. The number of nitrogens with zero attached hydrogens (tertiary/aromatic N) is 1. The molecule has 1 heterocycles. The highest BCUT2D eigenvalue weighted by molar-refractivity contribution is 5.18. The molecule has 0 saturated carbocycles. The summed E-state index contributed by atoms with van der Waals surface area (Å²) in [7, 11) is 0. The van der Waals surface area contributed by atoms with Gasteiger partial charge in [-0.05, 0) is 18.1 Å². The van der Waals surface area contributed by atoms with Crippen LogP contribution in [0.4, 0.5) is 0 Å². The van der Waals surface area contributed by atoms with Crippen LogP contribution in [0.5, 0.6) is 0 Å². The summed E-state index contributed by atoms with van der Waals surface area (Å²) >= 11 is 0. The largest absolute Gasteiger partial charge is 0.396 e. The van der Waals surface area contributed by atoms with Crippen molar-refractivity contribution in [3.63, 3.8) is 0 Å². The highest BCUT2D eigenvalue weighted by atomic mass is 16.3. The average molecular weight is 153 g/mol. The summed E-state index contributed by atoms with van der Waals surface area (Å²) < 4.78 is 0. The third-order valence-corrected chi connectivity index (χ3v) is 1.52. The maximum Gasteiger partial charge on any atom is 0.0855 e. The molecule has 1 aromatic rings. The van der Waals surface area contributed by atoms with E-state index in [-0.39, 0.29) is 13.2 Å². The van der Waals surface area contributed by atoms with Crippen molar-refractivity contribution in [1.82, 2.24) is 4.98 Å². The van der Waals surface area contributed by atoms with E-state index >= 15 is 0 Å². The Kier molecular flexibility index (Phi) is 3.01. The molecule has 0 unspecified atom stereocenters. The SMILES string of the molecule is OCCc1cccnc1CO. The van der Waals surface area contributed by atoms with Crippen LogP contribution in [-0.4, -0.2) is 21.8 Å². The zero-order valence-corrected chi connectivity index (χ0v) is 6.20. The zero-order chi connectivity index (χ0) is 8.10. The molecule has 3 nitrogen and oxygen atoms in total. The molecule has 1 aromatic heterocycles. The average Bonchev–Trinajstić information content (AvgIpc) is 2.06. The fourth-order valence-electron chi connectivity index (χ4n) is 0.962. The highest BCUT2D eigenvalue weighted by Gasteiger charge is 1.99. The molecule has 0 aromatic carbocycles. The first-order valence-corrected chi connectivity index (χ1v) is 3.53. The van der Waals surface area contributed by atoms with Gasteiger partial charge in [0.1, 0.15) is 0 Å². The predicted octanol–water partition coefficient (Wildman–Crippen LogP) is 0.109. The molecule has 0 aliphatic carbocycles. The summed E-state index contributed by atoms with van der Waals surface area (Å²) in [6.45, 7) is 0.0366. The first-order chi connectivity index (χ1) is 5.38. The van der Waals surface area contributed by atoms with Gasteiger partial charge in [-0.25, -0.2) is 0 Å². The minimum Gasteiger partial charge on any atom is -0.396 e. The van der Waals surface area contributed by atoms with E-state index in [1.165, 1.54) is 0 Å². The lowest BCUT2D eigenvalue weighted by Gasteiger charge is -2.02. The van der Waals surface area contributed by atoms with Crippen LogP contribution in [0.1, 0.15) is 11.3 Å². The van der Waals surface area contributed by atoms with E-state index in [2.05, 4.69) is 4.98 Å². The lowest BCUT2D eigenvalue weighted by atomic mass is 10.1. The van der Waals surface area contributed by atoms with Crippen LogP contribution in [0.25, 0.3) is 0 Å². The van der Waals surface area contributed by atoms with Crippen molar-refractivity contribution in [2.24, 2.45) is 0 Å². The van der Waals surface area contributed by atoms with E-state index in [1.54, 1.807) is 12.3 Å². The third-order valence-electron chi connectivity index (χ3n) is 1.52. The Morgan fingerprint density at radius 1 is 1.36 bits per heavy atom. The van der Waals surface area contributed by atoms with Gasteiger partial charge in [0.2, 0.25) is 0 Å². The molecule has 1 rings (SSSR count). The summed E-state index contributed by atoms with van der Waals surface area (Å²) in [4.78, 5) is 3.95. The number of aliphatic hydroxyl groups is 2. The Hall–Kier alpha value is -0.930. The highest BCUT2D eigenvalue weighted by Crippen LogP contribution is 2.04. The lowest BCUT2D eigenvalue weighted by molar-refractivity contribution is 0.271. The zero-order valence-electron chi connectivity index (χ0n) is 6.20. The second-order valence-electron chi connectivity index (χ2n) is 2.24. The van der Waals surface area contributed by atoms with E-state index in [1.807, 2.05) is 6.07 Å². The maximum atomic E-state index is 8.80. The molecular weight excluding hydrogens is 142 g/mol. The topological polar surface area (TPSA) is 53.4 Å². The van der Waals surface area contributed by atoms with Gasteiger partial charge >= 0.3 is 0 Å². The van der Waals surface area contributed by atoms with Gasteiger partial charge in [-0.2, -0.15) is 0 Å². The summed E-state index contributed by atoms with van der Waals surface area (Å²) in [5.41, 5.74) is 1.57. The Labute approximate surface area is 65.3 Å². The molecule has 0 aliphatic heterocycles. The number of aliphatic hydroxyl groups excluding tert-OH is 2. The van der Waals surface area contributed by atoms with Gasteiger partial charge in [0, 0.05) is 12.8 Å². The van der Waals surface area contributed by atoms with E-state index < -0.39 is 0 Å². The number of hydrogen-bond donors (Lipinski definition) is 2. The second kappa shape index (κ2) is 4.05. The Bertz CT molecular complexity index is 225. The number of pyridine rings is 1. The second-order valence-corrected chi connectivity index (χ2v) is 2.24. The molecule has 0 saturated heterocycles. The maximum absolute atomic E-state index is 8.80. The van der Waals surface area contributed by atoms with Gasteiger partial charge in [0.15, 0.2) is 0 Å². The minimum absolute atomic E-state index is 0.0594. The van der Waals surface area contributed by atoms with Crippen LogP contribution in [0, 0.1) is 0 Å². The Morgan fingerprint density at radius 2 is 2.18 bits per heavy atom. The van der Waals surface area contributed by atoms with Crippen molar-refractivity contribution in [3.05, 3.63) is 29.6 Å². The van der Waals surface area contributed by atoms with Crippen LogP contribution < -0.4 is 0 Å². The van der Waals surface area contributed by atoms with Gasteiger partial charge in [0.25, 0.3) is 0 Å². The molecule has 0 atom stereocenters. The quantitative estimate of drug-likeness (QED) is 0.648. The van der Waals surface area contributed by atoms with Crippen LogP contribution in [-0.2, 0) is 13.0 Å². The molecule has 2 N–H and O–H groups in total. The molecular formula is C8H11NO2. The number of hydrogen-bond acceptors (Lipinski definition) is 3. The van der Waals surface area contributed by atoms with Crippen LogP contribution >= 0.6 is 0 Å². The Balaban J connectivity index is 2.83. The van der Waals surface area contributed by atoms with Crippen LogP contribution in [0.2, 0.25) is 0 Å². The summed E-state index contributed by atoms with van der Waals surface area (Å²) in [5, 5.41) is 17.4. The fraction of sp³-hybridized carbons (Fsp3) is 0.375. The molecule has 0 spiro atoms. The Morgan fingerprint density at radius 3 is 2.82 bits per heavy atom. The standard InChI is InChI=1S/C8H11NO2/c10-5-3-7-2-1-4-9-8(7)6-11/h1-2,4,10-11H,3,5-6H2. The predicted molar refractivity (Wildman–Crippen MR) is 40.9 cm³/mol. The molecule has 0 amide bonds. The van der Waals surface area contributed by atoms with Crippen molar-refractivity contribution in [3.8, 4) is 0 Å². The molecule has 0 bridgehead atoms. The molecule has 0 aliphatic rings. The number of rotatable bonds is 3. The minimum atomic E-state index is -0.0594. The fourth-order valence-corrected chi connectivity index (χ4v) is 0.962. The third kappa shape index (κ3) is 2.00. The molecule has 60 valence electrons. The summed E-state index contributed by atoms with van der Waals surface area (Å²) in [6.07, 6.45) is 2.19. The van der Waals surface area contributed by atoms with Gasteiger partial charge < -0.3 is 10.2 Å². The van der Waals surface area contributed by atoms with E-state index in [9.17, 15) is 0 Å². The summed E-state index contributed by atoms with van der Waals surface area (Å²) in [6, 6.07) is 3.65. The van der Waals surface area contributed by atoms with Gasteiger partial charge in [-0.3, -0.25) is 4.98 Å². The van der Waals surface area contributed by atoms with Crippen molar-refractivity contribution in [1.29, 1.82) is 0 Å². The van der Waals surface area contributed by atoms with Crippen LogP contribution in [0.15, 0.2) is 18.3 Å². The molecule has 0 radical (unpaired) electrons. The van der Waals surface area contributed by atoms with E-state index in [0.717, 1.165) is 5.56 Å². The first-order valence-electron chi connectivity index (χ1n) is 3.53. The van der Waals surface area contributed by atoms with Gasteiger partial charge in [0.05, 0.1) is 12.3 Å². The van der Waals surface area contributed by atoms with Crippen LogP contribution in [0.3, 0.4) is 0 Å². The van der Waals surface area contributed by atoms with Crippen molar-refractivity contribution >= 4 is 0 Å². The number of aromatic nitrogens is 1. The van der Waals surface area contributed by atoms with E-state index in [4.69, 9.17) is 10.2 Å². The molecule has 3 heteroatoms. The lowest BCUT2D eigenvalue weighted by Crippen LogP contribution is -1.99.